The van der Waals surface area contributed by atoms with Crippen molar-refractivity contribution in [2.75, 3.05) is 27.3 Å². The standard InChI is InChI=1S/C38H43N7O4/c1-22(2)34(44-38(47)49-4)37(46)45-21-29(48-3)18-33(45)36-41-19-31(43-36)24-9-7-23(8-10-24)25-11-12-27-17-28(14-13-26(27)16-25)32-20-40-35(42-32)30-6-5-15-39-30/h7-14,16-17,19-20,22,29-30,33-34,39H,5-6,15,18,21H2,1-4H3,(H,40,42)(H,41,43)(H,44,47)/t29-,30-,33-,34-/m0/s1. The number of ether oxygens (including phenoxy) is 2. The summed E-state index contributed by atoms with van der Waals surface area (Å²) in [5, 5.41) is 8.55. The lowest BCUT2D eigenvalue weighted by Gasteiger charge is -2.29. The van der Waals surface area contributed by atoms with Gasteiger partial charge in [-0.15, -0.1) is 0 Å². The molecule has 2 aromatic heterocycles. The average Bonchev–Trinajstić information content (AvgIpc) is 3.96. The van der Waals surface area contributed by atoms with E-state index in [4.69, 9.17) is 14.5 Å². The Bertz CT molecular complexity index is 1940. The maximum Gasteiger partial charge on any atom is 0.407 e. The molecule has 0 saturated carbocycles. The van der Waals surface area contributed by atoms with Gasteiger partial charge in [0.25, 0.3) is 0 Å². The van der Waals surface area contributed by atoms with E-state index in [1.54, 1.807) is 18.2 Å². The van der Waals surface area contributed by atoms with Crippen molar-refractivity contribution in [3.8, 4) is 33.6 Å². The summed E-state index contributed by atoms with van der Waals surface area (Å²) in [4.78, 5) is 43.7. The number of aromatic amines is 2. The summed E-state index contributed by atoms with van der Waals surface area (Å²) in [5.41, 5.74) is 6.27. The number of carbonyl (C=O) groups excluding carboxylic acids is 2. The second-order valence-electron chi connectivity index (χ2n) is 13.3. The minimum atomic E-state index is -0.728. The minimum Gasteiger partial charge on any atom is -0.453 e. The number of hydrogen-bond acceptors (Lipinski definition) is 7. The number of alkyl carbamates (subject to hydrolysis) is 1. The Hall–Kier alpha value is -5.00. The van der Waals surface area contributed by atoms with Gasteiger partial charge in [-0.3, -0.25) is 4.79 Å². The van der Waals surface area contributed by atoms with Crippen molar-refractivity contribution >= 4 is 22.8 Å². The van der Waals surface area contributed by atoms with Gasteiger partial charge in [0.05, 0.1) is 49.1 Å². The van der Waals surface area contributed by atoms with Crippen molar-refractivity contribution in [2.24, 2.45) is 5.92 Å². The number of likely N-dealkylation sites (tertiary alicyclic amines) is 1. The molecule has 4 atom stereocenters. The second kappa shape index (κ2) is 13.9. The highest BCUT2D eigenvalue weighted by molar-refractivity contribution is 5.90. The van der Waals surface area contributed by atoms with Crippen molar-refractivity contribution in [3.05, 3.63) is 84.7 Å². The summed E-state index contributed by atoms with van der Waals surface area (Å²) in [5.74, 6) is 1.38. The van der Waals surface area contributed by atoms with Crippen molar-refractivity contribution in [2.45, 2.75) is 57.3 Å². The molecule has 254 valence electrons. The van der Waals surface area contributed by atoms with Crippen LogP contribution in [-0.4, -0.2) is 76.3 Å². The Labute approximate surface area is 285 Å². The highest BCUT2D eigenvalue weighted by Gasteiger charge is 2.41. The Morgan fingerprint density at radius 1 is 0.857 bits per heavy atom. The molecule has 0 aliphatic carbocycles. The van der Waals surface area contributed by atoms with Gasteiger partial charge in [0.15, 0.2) is 0 Å². The molecule has 2 aliphatic heterocycles. The summed E-state index contributed by atoms with van der Waals surface area (Å²) in [7, 11) is 2.94. The fourth-order valence-corrected chi connectivity index (χ4v) is 7.02. The molecule has 7 rings (SSSR count). The molecule has 2 fully saturated rings. The third-order valence-electron chi connectivity index (χ3n) is 9.85. The zero-order chi connectivity index (χ0) is 34.1. The molecule has 0 radical (unpaired) electrons. The Morgan fingerprint density at radius 3 is 2.16 bits per heavy atom. The molecule has 11 nitrogen and oxygen atoms in total. The maximum absolute atomic E-state index is 13.7. The predicted octanol–water partition coefficient (Wildman–Crippen LogP) is 6.38. The van der Waals surface area contributed by atoms with Crippen LogP contribution in [0.1, 0.15) is 56.8 Å². The summed E-state index contributed by atoms with van der Waals surface area (Å²) in [6, 6.07) is 20.8. The number of nitrogens with one attached hydrogen (secondary N) is 4. The maximum atomic E-state index is 13.7. The number of carbonyl (C=O) groups is 2. The van der Waals surface area contributed by atoms with Crippen molar-refractivity contribution < 1.29 is 19.1 Å². The number of methoxy groups -OCH3 is 2. The summed E-state index contributed by atoms with van der Waals surface area (Å²) in [6.07, 6.45) is 5.86. The molecule has 2 amide bonds. The molecule has 4 N–H and O–H groups in total. The Balaban J connectivity index is 1.07. The number of benzene rings is 3. The minimum absolute atomic E-state index is 0.131. The average molecular weight is 662 g/mol. The van der Waals surface area contributed by atoms with Crippen molar-refractivity contribution in [1.82, 2.24) is 35.5 Å². The van der Waals surface area contributed by atoms with E-state index < -0.39 is 12.1 Å². The first kappa shape index (κ1) is 32.5. The highest BCUT2D eigenvalue weighted by atomic mass is 16.5. The number of aromatic nitrogens is 4. The topological polar surface area (TPSA) is 137 Å². The van der Waals surface area contributed by atoms with E-state index in [0.29, 0.717) is 24.8 Å². The van der Waals surface area contributed by atoms with Crippen LogP contribution in [0.5, 0.6) is 0 Å². The normalized spacial score (nSPS) is 19.9. The van der Waals surface area contributed by atoms with Gasteiger partial charge in [0, 0.05) is 25.6 Å². The van der Waals surface area contributed by atoms with Crippen LogP contribution in [0.15, 0.2) is 73.1 Å². The first-order valence-electron chi connectivity index (χ1n) is 17.0. The largest absolute Gasteiger partial charge is 0.453 e. The number of imidazole rings is 2. The van der Waals surface area contributed by atoms with E-state index in [-0.39, 0.29) is 24.0 Å². The molecule has 5 aromatic rings. The van der Waals surface area contributed by atoms with Crippen LogP contribution < -0.4 is 10.6 Å². The van der Waals surface area contributed by atoms with Gasteiger partial charge in [-0.25, -0.2) is 14.8 Å². The lowest BCUT2D eigenvalue weighted by molar-refractivity contribution is -0.135. The van der Waals surface area contributed by atoms with Crippen LogP contribution in [0, 0.1) is 5.92 Å². The first-order chi connectivity index (χ1) is 23.8. The van der Waals surface area contributed by atoms with Crippen LogP contribution in [0.2, 0.25) is 0 Å². The highest BCUT2D eigenvalue weighted by Crippen LogP contribution is 2.35. The summed E-state index contributed by atoms with van der Waals surface area (Å²) >= 11 is 0. The Kier molecular flexibility index (Phi) is 9.20. The van der Waals surface area contributed by atoms with E-state index in [1.165, 1.54) is 24.3 Å². The van der Waals surface area contributed by atoms with Gasteiger partial charge in [-0.1, -0.05) is 62.4 Å². The smallest absolute Gasteiger partial charge is 0.407 e. The van der Waals surface area contributed by atoms with Crippen LogP contribution in [0.25, 0.3) is 44.4 Å². The molecule has 2 saturated heterocycles. The van der Waals surface area contributed by atoms with Crippen molar-refractivity contribution in [3.63, 3.8) is 0 Å². The lowest BCUT2D eigenvalue weighted by Crippen LogP contribution is -2.51. The van der Waals surface area contributed by atoms with E-state index in [0.717, 1.165) is 52.4 Å². The molecule has 2 aliphatic rings. The molecule has 0 unspecified atom stereocenters. The molecular formula is C38H43N7O4. The third kappa shape index (κ3) is 6.68. The number of hydrogen-bond donors (Lipinski definition) is 4. The van der Waals surface area contributed by atoms with Gasteiger partial charge in [0.1, 0.15) is 17.7 Å². The quantitative estimate of drug-likeness (QED) is 0.144. The zero-order valence-corrected chi connectivity index (χ0v) is 28.3. The molecule has 4 heterocycles. The molecule has 3 aromatic carbocycles. The molecule has 0 spiro atoms. The van der Waals surface area contributed by atoms with Crippen LogP contribution >= 0.6 is 0 Å². The Morgan fingerprint density at radius 2 is 1.49 bits per heavy atom. The van der Waals surface area contributed by atoms with E-state index in [2.05, 4.69) is 86.2 Å². The molecule has 11 heteroatoms. The third-order valence-corrected chi connectivity index (χ3v) is 9.85. The van der Waals surface area contributed by atoms with Gasteiger partial charge in [-0.05, 0) is 64.9 Å². The predicted molar refractivity (Wildman–Crippen MR) is 189 cm³/mol. The first-order valence-corrected chi connectivity index (χ1v) is 17.0. The van der Waals surface area contributed by atoms with E-state index >= 15 is 0 Å². The monoisotopic (exact) mass is 661 g/mol. The van der Waals surface area contributed by atoms with Crippen molar-refractivity contribution in [1.29, 1.82) is 0 Å². The number of amides is 2. The lowest BCUT2D eigenvalue weighted by atomic mass is 9.98. The van der Waals surface area contributed by atoms with Crippen LogP contribution in [-0.2, 0) is 14.3 Å². The van der Waals surface area contributed by atoms with Crippen LogP contribution in [0.3, 0.4) is 0 Å². The van der Waals surface area contributed by atoms with Gasteiger partial charge >= 0.3 is 6.09 Å². The summed E-state index contributed by atoms with van der Waals surface area (Å²) < 4.78 is 10.4. The number of rotatable bonds is 9. The number of H-pyrrole nitrogens is 2. The molecule has 0 bridgehead atoms. The van der Waals surface area contributed by atoms with Gasteiger partial charge < -0.3 is 35.0 Å². The van der Waals surface area contributed by atoms with Gasteiger partial charge in [0.2, 0.25) is 5.91 Å². The second-order valence-corrected chi connectivity index (χ2v) is 13.3. The van der Waals surface area contributed by atoms with E-state index in [1.807, 2.05) is 20.0 Å². The SMILES string of the molecule is COC(=O)N[C@H](C(=O)N1C[C@@H](OC)C[C@H]1c1ncc(-c2ccc(-c3ccc4cc(-c5cnc([C@@H]6CCCN6)[nH]5)ccc4c3)cc2)[nH]1)C(C)C. The zero-order valence-electron chi connectivity index (χ0n) is 28.3. The summed E-state index contributed by atoms with van der Waals surface area (Å²) in [6.45, 7) is 5.24. The number of nitrogens with zero attached hydrogens (tertiary/aromatic N) is 3. The van der Waals surface area contributed by atoms with E-state index in [9.17, 15) is 9.59 Å². The molecular weight excluding hydrogens is 618 g/mol. The molecule has 49 heavy (non-hydrogen) atoms. The van der Waals surface area contributed by atoms with Crippen LogP contribution in [0.4, 0.5) is 4.79 Å². The van der Waals surface area contributed by atoms with Gasteiger partial charge in [-0.2, -0.15) is 0 Å². The fraction of sp³-hybridized carbons (Fsp3) is 0.368. The fourth-order valence-electron chi connectivity index (χ4n) is 7.02. The number of fused-ring (bicyclic) bond motifs is 1.